The van der Waals surface area contributed by atoms with Gasteiger partial charge in [0.1, 0.15) is 0 Å². The fraction of sp³-hybridized carbons (Fsp3) is 0.364. The van der Waals surface area contributed by atoms with Crippen molar-refractivity contribution in [1.29, 1.82) is 0 Å². The second-order valence-corrected chi connectivity index (χ2v) is 7.32. The van der Waals surface area contributed by atoms with Gasteiger partial charge in [0.15, 0.2) is 0 Å². The summed E-state index contributed by atoms with van der Waals surface area (Å²) in [6.07, 6.45) is 6.24. The van der Waals surface area contributed by atoms with Crippen molar-refractivity contribution in [2.45, 2.75) is 39.7 Å². The third-order valence-corrected chi connectivity index (χ3v) is 5.20. The van der Waals surface area contributed by atoms with Gasteiger partial charge in [-0.2, -0.15) is 0 Å². The summed E-state index contributed by atoms with van der Waals surface area (Å²) in [5, 5.41) is 0. The number of H-pyrrole nitrogens is 1. The van der Waals surface area contributed by atoms with Crippen molar-refractivity contribution in [3.05, 3.63) is 59.4 Å². The highest BCUT2D eigenvalue weighted by Gasteiger charge is 2.24. The first kappa shape index (κ1) is 19.7. The maximum absolute atomic E-state index is 12.4. The number of benzene rings is 1. The van der Waals surface area contributed by atoms with Crippen LogP contribution in [0.15, 0.2) is 36.8 Å². The van der Waals surface area contributed by atoms with Gasteiger partial charge in [0.2, 0.25) is 0 Å². The number of imidazole rings is 1. The fourth-order valence-corrected chi connectivity index (χ4v) is 3.79. The minimum Gasteiger partial charge on any atom is -0.378 e. The summed E-state index contributed by atoms with van der Waals surface area (Å²) in [6.45, 7) is 4.92. The lowest BCUT2D eigenvalue weighted by atomic mass is 9.97. The standard InChI is InChI=1S/C22H29N5O/c1-5-6-19-21(16-7-9-18(10-8-16)26(3)4)20(22(23)28)15(2)27(19)12-11-17-13-24-14-25-17/h7-10,13-14H,5-6,11-12H2,1-4H3,(H2,23,28)(H,24,25). The second-order valence-electron chi connectivity index (χ2n) is 7.32. The third-order valence-electron chi connectivity index (χ3n) is 5.20. The van der Waals surface area contributed by atoms with E-state index in [0.717, 1.165) is 54.0 Å². The molecule has 2 heterocycles. The molecule has 0 spiro atoms. The zero-order valence-electron chi connectivity index (χ0n) is 17.1. The van der Waals surface area contributed by atoms with Crippen molar-refractivity contribution in [3.8, 4) is 11.1 Å². The Balaban J connectivity index is 2.10. The van der Waals surface area contributed by atoms with E-state index in [9.17, 15) is 4.79 Å². The summed E-state index contributed by atoms with van der Waals surface area (Å²) in [5.74, 6) is -0.373. The highest BCUT2D eigenvalue weighted by atomic mass is 16.1. The van der Waals surface area contributed by atoms with E-state index in [1.807, 2.05) is 27.2 Å². The number of carbonyl (C=O) groups is 1. The molecule has 0 aliphatic rings. The summed E-state index contributed by atoms with van der Waals surface area (Å²) in [7, 11) is 4.03. The van der Waals surface area contributed by atoms with E-state index in [2.05, 4.69) is 50.6 Å². The predicted octanol–water partition coefficient (Wildman–Crippen LogP) is 3.55. The maximum atomic E-state index is 12.4. The Labute approximate surface area is 166 Å². The summed E-state index contributed by atoms with van der Waals surface area (Å²) < 4.78 is 2.25. The van der Waals surface area contributed by atoms with Gasteiger partial charge in [-0.3, -0.25) is 4.79 Å². The van der Waals surface area contributed by atoms with Crippen LogP contribution >= 0.6 is 0 Å². The van der Waals surface area contributed by atoms with Crippen molar-refractivity contribution in [2.75, 3.05) is 19.0 Å². The minimum absolute atomic E-state index is 0.373. The summed E-state index contributed by atoms with van der Waals surface area (Å²) in [5.41, 5.74) is 12.8. The van der Waals surface area contributed by atoms with Gasteiger partial charge in [-0.15, -0.1) is 0 Å². The number of primary amides is 1. The molecule has 0 atom stereocenters. The number of nitrogens with two attached hydrogens (primary N) is 1. The molecule has 3 rings (SSSR count). The van der Waals surface area contributed by atoms with E-state index >= 15 is 0 Å². The molecule has 3 aromatic rings. The van der Waals surface area contributed by atoms with Crippen molar-refractivity contribution in [2.24, 2.45) is 5.73 Å². The van der Waals surface area contributed by atoms with Crippen molar-refractivity contribution >= 4 is 11.6 Å². The number of carbonyl (C=O) groups excluding carboxylic acids is 1. The van der Waals surface area contributed by atoms with Crippen LogP contribution < -0.4 is 10.6 Å². The second kappa shape index (κ2) is 8.33. The smallest absolute Gasteiger partial charge is 0.251 e. The van der Waals surface area contributed by atoms with Crippen LogP contribution in [0.1, 0.15) is 40.8 Å². The zero-order valence-corrected chi connectivity index (χ0v) is 17.1. The molecule has 2 aromatic heterocycles. The van der Waals surface area contributed by atoms with Gasteiger partial charge in [0, 0.05) is 61.6 Å². The lowest BCUT2D eigenvalue weighted by Crippen LogP contribution is -2.14. The Kier molecular flexibility index (Phi) is 5.87. The summed E-state index contributed by atoms with van der Waals surface area (Å²) >= 11 is 0. The van der Waals surface area contributed by atoms with E-state index in [4.69, 9.17) is 5.73 Å². The molecule has 0 unspecified atom stereocenters. The molecule has 0 saturated heterocycles. The number of rotatable bonds is 8. The first-order chi connectivity index (χ1) is 13.4. The van der Waals surface area contributed by atoms with Gasteiger partial charge in [0.25, 0.3) is 5.91 Å². The van der Waals surface area contributed by atoms with Gasteiger partial charge in [-0.1, -0.05) is 25.5 Å². The topological polar surface area (TPSA) is 79.9 Å². The number of aromatic amines is 1. The molecular weight excluding hydrogens is 350 g/mol. The number of aromatic nitrogens is 3. The van der Waals surface area contributed by atoms with E-state index < -0.39 is 0 Å². The molecule has 6 nitrogen and oxygen atoms in total. The first-order valence-corrected chi connectivity index (χ1v) is 9.70. The monoisotopic (exact) mass is 379 g/mol. The fourth-order valence-electron chi connectivity index (χ4n) is 3.79. The van der Waals surface area contributed by atoms with Crippen LogP contribution in [-0.2, 0) is 19.4 Å². The maximum Gasteiger partial charge on any atom is 0.251 e. The van der Waals surface area contributed by atoms with Crippen LogP contribution in [0.25, 0.3) is 11.1 Å². The lowest BCUT2D eigenvalue weighted by molar-refractivity contribution is 0.1000. The molecule has 3 N–H and O–H groups in total. The van der Waals surface area contributed by atoms with Crippen LogP contribution in [0.2, 0.25) is 0 Å². The lowest BCUT2D eigenvalue weighted by Gasteiger charge is -2.14. The van der Waals surface area contributed by atoms with Crippen LogP contribution in [-0.4, -0.2) is 34.5 Å². The van der Waals surface area contributed by atoms with E-state index in [0.29, 0.717) is 5.56 Å². The number of nitrogens with zero attached hydrogens (tertiary/aromatic N) is 3. The average Bonchev–Trinajstić information content (AvgIpc) is 3.27. The minimum atomic E-state index is -0.373. The average molecular weight is 380 g/mol. The normalized spacial score (nSPS) is 11.0. The molecule has 148 valence electrons. The quantitative estimate of drug-likeness (QED) is 0.628. The predicted molar refractivity (Wildman–Crippen MR) is 114 cm³/mol. The van der Waals surface area contributed by atoms with Crippen molar-refractivity contribution in [1.82, 2.24) is 14.5 Å². The molecule has 6 heteroatoms. The van der Waals surface area contributed by atoms with Crippen LogP contribution in [0, 0.1) is 6.92 Å². The molecule has 0 bridgehead atoms. The number of hydrogen-bond acceptors (Lipinski definition) is 3. The van der Waals surface area contributed by atoms with E-state index in [-0.39, 0.29) is 5.91 Å². The van der Waals surface area contributed by atoms with Crippen molar-refractivity contribution < 1.29 is 4.79 Å². The molecule has 0 radical (unpaired) electrons. The largest absolute Gasteiger partial charge is 0.378 e. The van der Waals surface area contributed by atoms with Crippen LogP contribution in [0.5, 0.6) is 0 Å². The van der Waals surface area contributed by atoms with Gasteiger partial charge >= 0.3 is 0 Å². The van der Waals surface area contributed by atoms with E-state index in [1.54, 1.807) is 6.33 Å². The van der Waals surface area contributed by atoms with Gasteiger partial charge in [-0.05, 0) is 31.0 Å². The molecule has 0 fully saturated rings. The highest BCUT2D eigenvalue weighted by Crippen LogP contribution is 2.34. The van der Waals surface area contributed by atoms with Crippen molar-refractivity contribution in [3.63, 3.8) is 0 Å². The van der Waals surface area contributed by atoms with Gasteiger partial charge < -0.3 is 20.2 Å². The van der Waals surface area contributed by atoms with Gasteiger partial charge in [-0.25, -0.2) is 4.98 Å². The molecule has 0 saturated carbocycles. The Morgan fingerprint density at radius 2 is 1.93 bits per heavy atom. The molecule has 0 aliphatic heterocycles. The number of nitrogens with one attached hydrogen (secondary N) is 1. The Bertz CT molecular complexity index is 936. The molecule has 28 heavy (non-hydrogen) atoms. The van der Waals surface area contributed by atoms with Crippen LogP contribution in [0.4, 0.5) is 5.69 Å². The molecule has 0 aliphatic carbocycles. The van der Waals surface area contributed by atoms with Gasteiger partial charge in [0.05, 0.1) is 11.9 Å². The SMILES string of the molecule is CCCc1c(-c2ccc(N(C)C)cc2)c(C(N)=O)c(C)n1CCc1cnc[nH]1. The number of hydrogen-bond donors (Lipinski definition) is 2. The third kappa shape index (κ3) is 3.81. The van der Waals surface area contributed by atoms with E-state index in [1.165, 1.54) is 5.69 Å². The van der Waals surface area contributed by atoms with Crippen LogP contribution in [0.3, 0.4) is 0 Å². The Morgan fingerprint density at radius 1 is 1.21 bits per heavy atom. The highest BCUT2D eigenvalue weighted by molar-refractivity contribution is 6.02. The number of amides is 1. The summed E-state index contributed by atoms with van der Waals surface area (Å²) in [4.78, 5) is 21.7. The summed E-state index contributed by atoms with van der Waals surface area (Å²) in [6, 6.07) is 8.31. The Hall–Kier alpha value is -3.02. The molecular formula is C22H29N5O. The molecule has 1 amide bonds. The molecule has 1 aromatic carbocycles. The Morgan fingerprint density at radius 3 is 2.46 bits per heavy atom. The number of aryl methyl sites for hydroxylation is 1. The zero-order chi connectivity index (χ0) is 20.3. The number of anilines is 1. The first-order valence-electron chi connectivity index (χ1n) is 9.70.